The van der Waals surface area contributed by atoms with Crippen LogP contribution in [0.3, 0.4) is 0 Å². The first-order chi connectivity index (χ1) is 8.63. The molecular formula is C13H18ClN3S. The predicted octanol–water partition coefficient (Wildman–Crippen LogP) is 4.07. The summed E-state index contributed by atoms with van der Waals surface area (Å²) in [6.45, 7) is 5.53. The minimum absolute atomic E-state index is 0.354. The summed E-state index contributed by atoms with van der Waals surface area (Å²) in [4.78, 5) is 2.34. The van der Waals surface area contributed by atoms with Gasteiger partial charge in [-0.3, -0.25) is 0 Å². The molecule has 3 nitrogen and oxygen atoms in total. The summed E-state index contributed by atoms with van der Waals surface area (Å²) in [5.74, 6) is 0.730. The average Bonchev–Trinajstić information content (AvgIpc) is 2.91. The first-order valence-electron chi connectivity index (χ1n) is 6.45. The maximum Gasteiger partial charge on any atom is 0.162 e. The van der Waals surface area contributed by atoms with Crippen molar-refractivity contribution in [1.82, 2.24) is 4.37 Å². The topological polar surface area (TPSA) is 39.9 Å². The second kappa shape index (κ2) is 5.90. The maximum absolute atomic E-state index is 9.16. The van der Waals surface area contributed by atoms with Gasteiger partial charge in [-0.2, -0.15) is 9.64 Å². The lowest BCUT2D eigenvalue weighted by Crippen LogP contribution is -2.29. The average molecular weight is 284 g/mol. The van der Waals surface area contributed by atoms with Crippen LogP contribution in [-0.2, 0) is 0 Å². The Morgan fingerprint density at radius 1 is 1.61 bits per heavy atom. The maximum atomic E-state index is 9.16. The van der Waals surface area contributed by atoms with Crippen molar-refractivity contribution in [3.8, 4) is 6.07 Å². The molecule has 1 saturated heterocycles. The van der Waals surface area contributed by atoms with Crippen molar-refractivity contribution >= 4 is 28.1 Å². The number of halogens is 1. The Morgan fingerprint density at radius 2 is 2.39 bits per heavy atom. The molecular weight excluding hydrogens is 266 g/mol. The van der Waals surface area contributed by atoms with Crippen LogP contribution in [0.5, 0.6) is 0 Å². The van der Waals surface area contributed by atoms with Gasteiger partial charge in [-0.1, -0.05) is 25.4 Å². The van der Waals surface area contributed by atoms with Crippen molar-refractivity contribution in [2.24, 2.45) is 5.92 Å². The van der Waals surface area contributed by atoms with Crippen molar-refractivity contribution in [2.45, 2.75) is 45.6 Å². The summed E-state index contributed by atoms with van der Waals surface area (Å²) in [6, 6.07) is 2.73. The van der Waals surface area contributed by atoms with Gasteiger partial charge in [0.25, 0.3) is 0 Å². The fraction of sp³-hybridized carbons (Fsp3) is 0.692. The zero-order chi connectivity index (χ0) is 13.1. The van der Waals surface area contributed by atoms with Crippen molar-refractivity contribution in [3.63, 3.8) is 0 Å². The fourth-order valence-electron chi connectivity index (χ4n) is 2.48. The van der Waals surface area contributed by atoms with Gasteiger partial charge in [0.1, 0.15) is 16.6 Å². The van der Waals surface area contributed by atoms with E-state index in [1.54, 1.807) is 0 Å². The molecule has 0 spiro atoms. The Kier molecular flexibility index (Phi) is 4.47. The molecule has 0 N–H and O–H groups in total. The van der Waals surface area contributed by atoms with Crippen molar-refractivity contribution < 1.29 is 0 Å². The number of hydrogen-bond donors (Lipinski definition) is 0. The summed E-state index contributed by atoms with van der Waals surface area (Å²) in [6.07, 6.45) is 4.84. The lowest BCUT2D eigenvalue weighted by molar-refractivity contribution is 0.496. The summed E-state index contributed by atoms with van der Waals surface area (Å²) < 4.78 is 4.10. The molecule has 2 heterocycles. The summed E-state index contributed by atoms with van der Waals surface area (Å²) in [5.41, 5.74) is 0.554. The first kappa shape index (κ1) is 13.6. The summed E-state index contributed by atoms with van der Waals surface area (Å²) >= 11 is 7.31. The molecule has 5 heteroatoms. The molecule has 2 rings (SSSR count). The van der Waals surface area contributed by atoms with Gasteiger partial charge in [-0.25, -0.2) is 0 Å². The van der Waals surface area contributed by atoms with Crippen LogP contribution < -0.4 is 4.90 Å². The molecule has 0 radical (unpaired) electrons. The van der Waals surface area contributed by atoms with Crippen LogP contribution in [0.25, 0.3) is 0 Å². The molecule has 0 amide bonds. The molecule has 0 aromatic carbocycles. The Hall–Kier alpha value is -0.790. The van der Waals surface area contributed by atoms with Crippen LogP contribution in [0.2, 0.25) is 5.15 Å². The van der Waals surface area contributed by atoms with Crippen LogP contribution in [0.1, 0.15) is 45.1 Å². The number of nitrogens with zero attached hydrogens (tertiary/aromatic N) is 3. The van der Waals surface area contributed by atoms with Crippen LogP contribution >= 0.6 is 23.1 Å². The minimum atomic E-state index is 0.354. The van der Waals surface area contributed by atoms with Crippen molar-refractivity contribution in [3.05, 3.63) is 10.7 Å². The first-order valence-corrected chi connectivity index (χ1v) is 7.60. The van der Waals surface area contributed by atoms with E-state index in [1.807, 2.05) is 0 Å². The van der Waals surface area contributed by atoms with E-state index >= 15 is 0 Å². The zero-order valence-electron chi connectivity index (χ0n) is 10.8. The van der Waals surface area contributed by atoms with E-state index < -0.39 is 0 Å². The fourth-order valence-corrected chi connectivity index (χ4v) is 3.61. The molecule has 1 atom stereocenters. The normalized spacial score (nSPS) is 19.5. The van der Waals surface area contributed by atoms with Gasteiger partial charge in [-0.15, -0.1) is 0 Å². The Morgan fingerprint density at radius 3 is 3.06 bits per heavy atom. The third-order valence-electron chi connectivity index (χ3n) is 3.46. The number of hydrogen-bond acceptors (Lipinski definition) is 4. The molecule has 1 aromatic heterocycles. The number of aromatic nitrogens is 1. The SMILES string of the molecule is CC(C)CCC1CCCN1c1snc(Cl)c1C#N. The van der Waals surface area contributed by atoms with E-state index in [4.69, 9.17) is 16.9 Å². The molecule has 0 saturated carbocycles. The van der Waals surface area contributed by atoms with Crippen LogP contribution in [-0.4, -0.2) is 17.0 Å². The van der Waals surface area contributed by atoms with Crippen LogP contribution in [0.15, 0.2) is 0 Å². The van der Waals surface area contributed by atoms with Gasteiger partial charge in [0, 0.05) is 12.6 Å². The molecule has 1 aliphatic rings. The highest BCUT2D eigenvalue weighted by Crippen LogP contribution is 2.37. The lowest BCUT2D eigenvalue weighted by Gasteiger charge is -2.25. The molecule has 0 aliphatic carbocycles. The molecule has 98 valence electrons. The van der Waals surface area contributed by atoms with Crippen LogP contribution in [0, 0.1) is 17.2 Å². The van der Waals surface area contributed by atoms with Gasteiger partial charge in [0.2, 0.25) is 0 Å². The van der Waals surface area contributed by atoms with Gasteiger partial charge < -0.3 is 4.90 Å². The third-order valence-corrected chi connectivity index (χ3v) is 4.72. The Balaban J connectivity index is 2.13. The zero-order valence-corrected chi connectivity index (χ0v) is 12.4. The molecule has 1 aromatic rings. The predicted molar refractivity (Wildman–Crippen MR) is 76.3 cm³/mol. The van der Waals surface area contributed by atoms with E-state index in [1.165, 1.54) is 37.2 Å². The minimum Gasteiger partial charge on any atom is -0.358 e. The Bertz CT molecular complexity index is 450. The van der Waals surface area contributed by atoms with E-state index in [-0.39, 0.29) is 0 Å². The smallest absolute Gasteiger partial charge is 0.162 e. The molecule has 1 unspecified atom stereocenters. The van der Waals surface area contributed by atoms with Crippen molar-refractivity contribution in [1.29, 1.82) is 5.26 Å². The number of rotatable bonds is 4. The molecule has 18 heavy (non-hydrogen) atoms. The second-order valence-electron chi connectivity index (χ2n) is 5.23. The van der Waals surface area contributed by atoms with Gasteiger partial charge >= 0.3 is 0 Å². The number of anilines is 1. The number of nitriles is 1. The van der Waals surface area contributed by atoms with Crippen molar-refractivity contribution in [2.75, 3.05) is 11.4 Å². The highest BCUT2D eigenvalue weighted by atomic mass is 35.5. The van der Waals surface area contributed by atoms with Gasteiger partial charge in [0.15, 0.2) is 5.15 Å². The summed E-state index contributed by atoms with van der Waals surface area (Å²) in [5, 5.41) is 10.5. The van der Waals surface area contributed by atoms with Crippen LogP contribution in [0.4, 0.5) is 5.00 Å². The quantitative estimate of drug-likeness (QED) is 0.836. The highest BCUT2D eigenvalue weighted by molar-refractivity contribution is 7.10. The standard InChI is InChI=1S/C13H18ClN3S/c1-9(2)5-6-10-4-3-7-17(10)13-11(8-15)12(14)16-18-13/h9-10H,3-7H2,1-2H3. The van der Waals surface area contributed by atoms with Gasteiger partial charge in [0.05, 0.1) is 0 Å². The van der Waals surface area contributed by atoms with E-state index in [2.05, 4.69) is 29.2 Å². The highest BCUT2D eigenvalue weighted by Gasteiger charge is 2.29. The summed E-state index contributed by atoms with van der Waals surface area (Å²) in [7, 11) is 0. The monoisotopic (exact) mass is 283 g/mol. The second-order valence-corrected chi connectivity index (χ2v) is 6.34. The molecule has 0 bridgehead atoms. The lowest BCUT2D eigenvalue weighted by atomic mass is 10.0. The molecule has 1 fully saturated rings. The van der Waals surface area contributed by atoms with E-state index in [0.29, 0.717) is 16.8 Å². The van der Waals surface area contributed by atoms with E-state index in [9.17, 15) is 0 Å². The molecule has 1 aliphatic heterocycles. The van der Waals surface area contributed by atoms with E-state index in [0.717, 1.165) is 17.5 Å². The third kappa shape index (κ3) is 2.78. The van der Waals surface area contributed by atoms with Gasteiger partial charge in [-0.05, 0) is 43.1 Å². The Labute approximate surface area is 118 Å². The largest absolute Gasteiger partial charge is 0.358 e.